The number of alkyl halides is 2. The Morgan fingerprint density at radius 3 is 2.58 bits per heavy atom. The van der Waals surface area contributed by atoms with E-state index in [1.165, 1.54) is 31.3 Å². The summed E-state index contributed by atoms with van der Waals surface area (Å²) in [6.45, 7) is 3.60. The van der Waals surface area contributed by atoms with Crippen molar-refractivity contribution in [3.8, 4) is 5.75 Å². The van der Waals surface area contributed by atoms with Gasteiger partial charge in [0.25, 0.3) is 5.91 Å². The summed E-state index contributed by atoms with van der Waals surface area (Å²) in [5, 5.41) is 2.69. The maximum Gasteiger partial charge on any atom is 0.387 e. The molecule has 0 radical (unpaired) electrons. The SMILES string of the molecule is CC(=O)c1cc(NC(=O)[C@@H]2OC(C)(C)[C@H](C)[C@@H]2c2ccc(F)cc2OC(F)F)ccn1. The van der Waals surface area contributed by atoms with Gasteiger partial charge in [-0.1, -0.05) is 13.0 Å². The van der Waals surface area contributed by atoms with Gasteiger partial charge in [0, 0.05) is 36.4 Å². The van der Waals surface area contributed by atoms with Crippen LogP contribution in [0.4, 0.5) is 18.9 Å². The fourth-order valence-corrected chi connectivity index (χ4v) is 3.75. The van der Waals surface area contributed by atoms with E-state index in [-0.39, 0.29) is 28.7 Å². The molecule has 2 aromatic rings. The first kappa shape index (κ1) is 22.7. The molecule has 1 aliphatic rings. The van der Waals surface area contributed by atoms with Crippen LogP contribution in [0.1, 0.15) is 49.7 Å². The number of aromatic nitrogens is 1. The van der Waals surface area contributed by atoms with Crippen LogP contribution in [-0.2, 0) is 9.53 Å². The lowest BCUT2D eigenvalue weighted by Gasteiger charge is -2.26. The van der Waals surface area contributed by atoms with Crippen LogP contribution in [0.3, 0.4) is 0 Å². The lowest BCUT2D eigenvalue weighted by atomic mass is 9.78. The third-order valence-corrected chi connectivity index (χ3v) is 5.59. The number of carbonyl (C=O) groups excluding carboxylic acids is 2. The standard InChI is InChI=1S/C22H23F3N2O4/c1-11-18(15-6-5-13(23)9-17(15)30-21(24)25)19(31-22(11,3)4)20(29)27-14-7-8-26-16(10-14)12(2)28/h5-11,18-19,21H,1-4H3,(H,26,27,29)/t11-,18-,19-/m1/s1. The fraction of sp³-hybridized carbons (Fsp3) is 0.409. The highest BCUT2D eigenvalue weighted by Gasteiger charge is 2.51. The molecule has 9 heteroatoms. The zero-order valence-corrected chi connectivity index (χ0v) is 17.5. The van der Waals surface area contributed by atoms with Gasteiger partial charge in [-0.05, 0) is 38.0 Å². The summed E-state index contributed by atoms with van der Waals surface area (Å²) in [6, 6.07) is 6.28. The molecule has 166 valence electrons. The Morgan fingerprint density at radius 1 is 1.23 bits per heavy atom. The van der Waals surface area contributed by atoms with Gasteiger partial charge in [-0.25, -0.2) is 4.39 Å². The highest BCUT2D eigenvalue weighted by molar-refractivity contribution is 5.97. The summed E-state index contributed by atoms with van der Waals surface area (Å²) in [5.41, 5.74) is 0.0000585. The zero-order chi connectivity index (χ0) is 22.9. The number of nitrogens with zero attached hydrogens (tertiary/aromatic N) is 1. The van der Waals surface area contributed by atoms with Crippen LogP contribution in [0.25, 0.3) is 0 Å². The molecule has 0 bridgehead atoms. The molecule has 3 atom stereocenters. The van der Waals surface area contributed by atoms with Gasteiger partial charge in [-0.3, -0.25) is 14.6 Å². The molecule has 0 unspecified atom stereocenters. The van der Waals surface area contributed by atoms with E-state index in [2.05, 4.69) is 15.0 Å². The van der Waals surface area contributed by atoms with E-state index in [4.69, 9.17) is 4.74 Å². The number of ketones is 1. The summed E-state index contributed by atoms with van der Waals surface area (Å²) in [6.07, 6.45) is 0.324. The average Bonchev–Trinajstić information content (AvgIpc) is 2.91. The third-order valence-electron chi connectivity index (χ3n) is 5.59. The molecular formula is C22H23F3N2O4. The second kappa shape index (κ2) is 8.66. The number of anilines is 1. The molecule has 2 heterocycles. The molecule has 6 nitrogen and oxygen atoms in total. The Bertz CT molecular complexity index is 996. The smallest absolute Gasteiger partial charge is 0.387 e. The molecule has 1 saturated heterocycles. The molecule has 31 heavy (non-hydrogen) atoms. The fourth-order valence-electron chi connectivity index (χ4n) is 3.75. The van der Waals surface area contributed by atoms with Gasteiger partial charge in [-0.2, -0.15) is 8.78 Å². The van der Waals surface area contributed by atoms with Crippen molar-refractivity contribution in [3.05, 3.63) is 53.6 Å². The van der Waals surface area contributed by atoms with Crippen LogP contribution in [0.5, 0.6) is 5.75 Å². The normalized spacial score (nSPS) is 22.4. The van der Waals surface area contributed by atoms with Gasteiger partial charge >= 0.3 is 6.61 Å². The van der Waals surface area contributed by atoms with Crippen molar-refractivity contribution < 1.29 is 32.2 Å². The maximum absolute atomic E-state index is 13.7. The van der Waals surface area contributed by atoms with Crippen molar-refractivity contribution in [2.45, 2.75) is 51.9 Å². The number of ether oxygens (including phenoxy) is 2. The number of pyridine rings is 1. The predicted molar refractivity (Wildman–Crippen MR) is 107 cm³/mol. The molecule has 1 aliphatic heterocycles. The second-order valence-corrected chi connectivity index (χ2v) is 7.99. The lowest BCUT2D eigenvalue weighted by molar-refractivity contribution is -0.131. The Hall–Kier alpha value is -2.94. The summed E-state index contributed by atoms with van der Waals surface area (Å²) in [7, 11) is 0. The van der Waals surface area contributed by atoms with E-state index in [1.807, 2.05) is 6.92 Å². The summed E-state index contributed by atoms with van der Waals surface area (Å²) < 4.78 is 50.1. The number of Topliss-reactive ketones (excluding diaryl/α,β-unsaturated/α-hetero) is 1. The molecule has 1 aromatic heterocycles. The van der Waals surface area contributed by atoms with E-state index in [9.17, 15) is 22.8 Å². The number of hydrogen-bond donors (Lipinski definition) is 1. The van der Waals surface area contributed by atoms with Crippen molar-refractivity contribution in [2.24, 2.45) is 5.92 Å². The van der Waals surface area contributed by atoms with Crippen molar-refractivity contribution >= 4 is 17.4 Å². The van der Waals surface area contributed by atoms with Crippen LogP contribution < -0.4 is 10.1 Å². The quantitative estimate of drug-likeness (QED) is 0.672. The van der Waals surface area contributed by atoms with Crippen LogP contribution >= 0.6 is 0 Å². The van der Waals surface area contributed by atoms with E-state index < -0.39 is 36.0 Å². The Balaban J connectivity index is 1.96. The van der Waals surface area contributed by atoms with Crippen LogP contribution in [0.2, 0.25) is 0 Å². The van der Waals surface area contributed by atoms with Crippen LogP contribution in [0, 0.1) is 11.7 Å². The lowest BCUT2D eigenvalue weighted by Crippen LogP contribution is -2.33. The number of amides is 1. The highest BCUT2D eigenvalue weighted by Crippen LogP contribution is 2.48. The highest BCUT2D eigenvalue weighted by atomic mass is 19.3. The Morgan fingerprint density at radius 2 is 1.94 bits per heavy atom. The van der Waals surface area contributed by atoms with Gasteiger partial charge in [0.15, 0.2) is 5.78 Å². The minimum absolute atomic E-state index is 0.182. The van der Waals surface area contributed by atoms with E-state index >= 15 is 0 Å². The summed E-state index contributed by atoms with van der Waals surface area (Å²) in [4.78, 5) is 28.6. The van der Waals surface area contributed by atoms with Gasteiger partial charge in [0.2, 0.25) is 0 Å². The molecule has 1 N–H and O–H groups in total. The van der Waals surface area contributed by atoms with E-state index in [0.29, 0.717) is 5.69 Å². The van der Waals surface area contributed by atoms with Gasteiger partial charge in [0.05, 0.1) is 5.60 Å². The number of carbonyl (C=O) groups is 2. The first-order valence-corrected chi connectivity index (χ1v) is 9.69. The minimum atomic E-state index is -3.15. The van der Waals surface area contributed by atoms with E-state index in [0.717, 1.165) is 12.1 Å². The van der Waals surface area contributed by atoms with Crippen molar-refractivity contribution in [1.82, 2.24) is 4.98 Å². The monoisotopic (exact) mass is 436 g/mol. The van der Waals surface area contributed by atoms with Gasteiger partial charge < -0.3 is 14.8 Å². The molecule has 0 saturated carbocycles. The number of rotatable bonds is 6. The van der Waals surface area contributed by atoms with Gasteiger partial charge in [-0.15, -0.1) is 0 Å². The van der Waals surface area contributed by atoms with Crippen LogP contribution in [-0.4, -0.2) is 35.0 Å². The number of halogens is 3. The predicted octanol–water partition coefficient (Wildman–Crippen LogP) is 4.56. The van der Waals surface area contributed by atoms with E-state index in [1.54, 1.807) is 13.8 Å². The first-order chi connectivity index (χ1) is 14.5. The molecule has 0 spiro atoms. The summed E-state index contributed by atoms with van der Waals surface area (Å²) in [5.74, 6) is -2.85. The Labute approximate surface area is 177 Å². The molecule has 1 aromatic carbocycles. The zero-order valence-electron chi connectivity index (χ0n) is 17.5. The third kappa shape index (κ3) is 4.87. The molecular weight excluding hydrogens is 413 g/mol. The molecule has 0 aliphatic carbocycles. The number of nitrogens with one attached hydrogen (secondary N) is 1. The average molecular weight is 436 g/mol. The molecule has 1 fully saturated rings. The van der Waals surface area contributed by atoms with Crippen molar-refractivity contribution in [1.29, 1.82) is 0 Å². The van der Waals surface area contributed by atoms with Crippen LogP contribution in [0.15, 0.2) is 36.5 Å². The van der Waals surface area contributed by atoms with Gasteiger partial charge in [0.1, 0.15) is 23.4 Å². The van der Waals surface area contributed by atoms with Crippen molar-refractivity contribution in [2.75, 3.05) is 5.32 Å². The number of hydrogen-bond acceptors (Lipinski definition) is 5. The maximum atomic E-state index is 13.7. The minimum Gasteiger partial charge on any atom is -0.434 e. The largest absolute Gasteiger partial charge is 0.434 e. The Kier molecular flexibility index (Phi) is 6.35. The second-order valence-electron chi connectivity index (χ2n) is 7.99. The number of benzene rings is 1. The first-order valence-electron chi connectivity index (χ1n) is 9.69. The topological polar surface area (TPSA) is 77.5 Å². The molecule has 1 amide bonds. The summed E-state index contributed by atoms with van der Waals surface area (Å²) >= 11 is 0. The van der Waals surface area contributed by atoms with Crippen molar-refractivity contribution in [3.63, 3.8) is 0 Å². The molecule has 3 rings (SSSR count).